The maximum Gasteiger partial charge on any atom is 0.187 e. The van der Waals surface area contributed by atoms with Gasteiger partial charge in [0, 0.05) is 0 Å². The maximum atomic E-state index is 10.3. The van der Waals surface area contributed by atoms with Gasteiger partial charge in [-0.25, -0.2) is 0 Å². The lowest BCUT2D eigenvalue weighted by Crippen LogP contribution is -2.64. The summed E-state index contributed by atoms with van der Waals surface area (Å²) in [4.78, 5) is 0. The van der Waals surface area contributed by atoms with Crippen LogP contribution >= 0.6 is 0 Å². The molecule has 7 N–H and O–H groups in total. The second-order valence-electron chi connectivity index (χ2n) is 6.69. The lowest BCUT2D eigenvalue weighted by Gasteiger charge is -2.46. The molecule has 154 valence electrons. The molecular weight excluding hydrogens is 356 g/mol. The Labute approximate surface area is 150 Å². The van der Waals surface area contributed by atoms with Crippen molar-refractivity contribution in [2.24, 2.45) is 0 Å². The van der Waals surface area contributed by atoms with E-state index in [4.69, 9.17) is 18.9 Å². The Kier molecular flexibility index (Phi) is 7.71. The topological polar surface area (TPSA) is 179 Å². The molecule has 2 heterocycles. The van der Waals surface area contributed by atoms with Crippen molar-refractivity contribution in [2.45, 2.75) is 81.4 Å². The Bertz CT molecular complexity index is 432. The summed E-state index contributed by atoms with van der Waals surface area (Å²) in [5, 5.41) is 68.8. The molecule has 0 aromatic carbocycles. The molecule has 0 aromatic rings. The van der Waals surface area contributed by atoms with Crippen LogP contribution in [-0.4, -0.2) is 116 Å². The minimum atomic E-state index is -1.69. The molecule has 11 nitrogen and oxygen atoms in total. The van der Waals surface area contributed by atoms with Gasteiger partial charge < -0.3 is 54.7 Å². The van der Waals surface area contributed by atoms with E-state index in [9.17, 15) is 35.7 Å². The van der Waals surface area contributed by atoms with Crippen LogP contribution in [0, 0.1) is 0 Å². The van der Waals surface area contributed by atoms with Crippen molar-refractivity contribution in [2.75, 3.05) is 13.2 Å². The largest absolute Gasteiger partial charge is 0.394 e. The zero-order chi connectivity index (χ0) is 19.6. The molecule has 0 saturated carbocycles. The van der Waals surface area contributed by atoms with Crippen LogP contribution in [0.1, 0.15) is 13.8 Å². The lowest BCUT2D eigenvalue weighted by molar-refractivity contribution is -0.361. The quantitative estimate of drug-likeness (QED) is 0.237. The van der Waals surface area contributed by atoms with Gasteiger partial charge in [-0.05, 0) is 13.8 Å². The summed E-state index contributed by atoms with van der Waals surface area (Å²) < 4.78 is 21.4. The van der Waals surface area contributed by atoms with Gasteiger partial charge in [0.25, 0.3) is 0 Å². The standard InChI is InChI=1S/C15H28O11/c1-5(2)23-14-12(22)10(20)13(7(4-17)25-14)26-15-11(21)9(19)8(18)6(3-16)24-15/h5-22H,3-4H2,1-2H3/t6?,7?,8-,9?,10?,11?,12?,13+,14-,15-/m0/s1. The van der Waals surface area contributed by atoms with Gasteiger partial charge in [-0.3, -0.25) is 0 Å². The van der Waals surface area contributed by atoms with Gasteiger partial charge in [-0.1, -0.05) is 0 Å². The summed E-state index contributed by atoms with van der Waals surface area (Å²) in [5.41, 5.74) is 0. The van der Waals surface area contributed by atoms with Crippen LogP contribution in [0.4, 0.5) is 0 Å². The number of aliphatic hydroxyl groups is 7. The van der Waals surface area contributed by atoms with Crippen molar-refractivity contribution in [1.82, 2.24) is 0 Å². The maximum absolute atomic E-state index is 10.3. The molecule has 10 atom stereocenters. The highest BCUT2D eigenvalue weighted by atomic mass is 16.7. The van der Waals surface area contributed by atoms with Crippen LogP contribution in [0.2, 0.25) is 0 Å². The molecule has 2 rings (SSSR count). The van der Waals surface area contributed by atoms with Crippen LogP contribution in [-0.2, 0) is 18.9 Å². The Morgan fingerprint density at radius 2 is 1.27 bits per heavy atom. The molecule has 2 aliphatic rings. The average Bonchev–Trinajstić information content (AvgIpc) is 2.60. The van der Waals surface area contributed by atoms with Crippen molar-refractivity contribution >= 4 is 0 Å². The third kappa shape index (κ3) is 4.51. The molecule has 11 heteroatoms. The molecule has 6 unspecified atom stereocenters. The molecule has 0 spiro atoms. The van der Waals surface area contributed by atoms with Gasteiger partial charge in [0.1, 0.15) is 48.8 Å². The van der Waals surface area contributed by atoms with Crippen molar-refractivity contribution in [3.05, 3.63) is 0 Å². The second-order valence-corrected chi connectivity index (χ2v) is 6.69. The molecule has 0 aromatic heterocycles. The van der Waals surface area contributed by atoms with E-state index in [1.165, 1.54) is 0 Å². The number of hydrogen-bond acceptors (Lipinski definition) is 11. The summed E-state index contributed by atoms with van der Waals surface area (Å²) in [6, 6.07) is 0. The van der Waals surface area contributed by atoms with Gasteiger partial charge in [0.15, 0.2) is 12.6 Å². The van der Waals surface area contributed by atoms with E-state index < -0.39 is 74.6 Å². The fraction of sp³-hybridized carbons (Fsp3) is 1.00. The SMILES string of the molecule is CC(C)O[C@H]1OC(CO)[C@@H](O[C@@H]2OC(CO)[C@H](O)C(O)C2O)C(O)C1O. The van der Waals surface area contributed by atoms with Crippen LogP contribution < -0.4 is 0 Å². The first kappa shape index (κ1) is 21.9. The Balaban J connectivity index is 2.11. The predicted molar refractivity (Wildman–Crippen MR) is 82.6 cm³/mol. The van der Waals surface area contributed by atoms with Gasteiger partial charge in [-0.15, -0.1) is 0 Å². The third-order valence-corrected chi connectivity index (χ3v) is 4.37. The van der Waals surface area contributed by atoms with E-state index in [0.29, 0.717) is 0 Å². The summed E-state index contributed by atoms with van der Waals surface area (Å²) in [5.74, 6) is 0. The molecule has 0 amide bonds. The number of rotatable bonds is 6. The molecule has 2 saturated heterocycles. The first-order chi connectivity index (χ1) is 12.2. The van der Waals surface area contributed by atoms with Crippen molar-refractivity contribution in [1.29, 1.82) is 0 Å². The predicted octanol–water partition coefficient (Wildman–Crippen LogP) is -3.96. The summed E-state index contributed by atoms with van der Waals surface area (Å²) >= 11 is 0. The first-order valence-corrected chi connectivity index (χ1v) is 8.45. The zero-order valence-corrected chi connectivity index (χ0v) is 14.5. The van der Waals surface area contributed by atoms with Crippen molar-refractivity contribution < 1.29 is 54.7 Å². The molecule has 2 aliphatic heterocycles. The highest BCUT2D eigenvalue weighted by Gasteiger charge is 2.50. The van der Waals surface area contributed by atoms with Gasteiger partial charge in [-0.2, -0.15) is 0 Å². The van der Waals surface area contributed by atoms with Crippen LogP contribution in [0.15, 0.2) is 0 Å². The summed E-state index contributed by atoms with van der Waals surface area (Å²) in [6.45, 7) is 2.16. The van der Waals surface area contributed by atoms with E-state index in [0.717, 1.165) is 0 Å². The fourth-order valence-electron chi connectivity index (χ4n) is 2.94. The third-order valence-electron chi connectivity index (χ3n) is 4.37. The van der Waals surface area contributed by atoms with Crippen LogP contribution in [0.3, 0.4) is 0 Å². The van der Waals surface area contributed by atoms with Crippen LogP contribution in [0.5, 0.6) is 0 Å². The Morgan fingerprint density at radius 1 is 0.731 bits per heavy atom. The van der Waals surface area contributed by atoms with Crippen molar-refractivity contribution in [3.8, 4) is 0 Å². The van der Waals surface area contributed by atoms with Gasteiger partial charge in [0.05, 0.1) is 19.3 Å². The minimum absolute atomic E-state index is 0.316. The highest BCUT2D eigenvalue weighted by Crippen LogP contribution is 2.29. The number of aliphatic hydroxyl groups excluding tert-OH is 7. The van der Waals surface area contributed by atoms with E-state index in [1.807, 2.05) is 0 Å². The molecular formula is C15H28O11. The number of hydrogen-bond donors (Lipinski definition) is 7. The molecule has 0 aliphatic carbocycles. The van der Waals surface area contributed by atoms with E-state index in [2.05, 4.69) is 0 Å². The Morgan fingerprint density at radius 3 is 1.81 bits per heavy atom. The van der Waals surface area contributed by atoms with Crippen molar-refractivity contribution in [3.63, 3.8) is 0 Å². The monoisotopic (exact) mass is 384 g/mol. The van der Waals surface area contributed by atoms with E-state index >= 15 is 0 Å². The first-order valence-electron chi connectivity index (χ1n) is 8.45. The summed E-state index contributed by atoms with van der Waals surface area (Å²) in [6.07, 6.45) is -14.7. The lowest BCUT2D eigenvalue weighted by atomic mass is 9.97. The van der Waals surface area contributed by atoms with Crippen LogP contribution in [0.25, 0.3) is 0 Å². The zero-order valence-electron chi connectivity index (χ0n) is 14.5. The summed E-state index contributed by atoms with van der Waals surface area (Å²) in [7, 11) is 0. The van der Waals surface area contributed by atoms with Gasteiger partial charge in [0.2, 0.25) is 0 Å². The van der Waals surface area contributed by atoms with Gasteiger partial charge >= 0.3 is 0 Å². The molecule has 0 bridgehead atoms. The highest BCUT2D eigenvalue weighted by molar-refractivity contribution is 4.94. The second kappa shape index (κ2) is 9.17. The normalized spacial score (nSPS) is 47.3. The minimum Gasteiger partial charge on any atom is -0.394 e. The average molecular weight is 384 g/mol. The fourth-order valence-corrected chi connectivity index (χ4v) is 2.94. The van der Waals surface area contributed by atoms with E-state index in [1.54, 1.807) is 13.8 Å². The Hall–Kier alpha value is -0.440. The van der Waals surface area contributed by atoms with E-state index in [-0.39, 0.29) is 6.10 Å². The molecule has 0 radical (unpaired) electrons. The molecule has 26 heavy (non-hydrogen) atoms. The smallest absolute Gasteiger partial charge is 0.187 e. The number of ether oxygens (including phenoxy) is 4. The molecule has 2 fully saturated rings.